The summed E-state index contributed by atoms with van der Waals surface area (Å²) < 4.78 is 1.80. The maximum Gasteiger partial charge on any atom is 0.178 e. The second-order valence-corrected chi connectivity index (χ2v) is 3.97. The number of carbonyl (C=O) groups excluding carboxylic acids is 1. The Bertz CT molecular complexity index is 744. The van der Waals surface area contributed by atoms with Crippen LogP contribution in [0.15, 0.2) is 36.5 Å². The van der Waals surface area contributed by atoms with E-state index in [-0.39, 0.29) is 11.5 Å². The minimum absolute atomic E-state index is 0.0296. The van der Waals surface area contributed by atoms with E-state index in [0.717, 1.165) is 16.6 Å². The molecule has 0 fully saturated rings. The molecule has 0 aliphatic rings. The van der Waals surface area contributed by atoms with Crippen molar-refractivity contribution in [1.29, 1.82) is 0 Å². The number of nitrogens with zero attached hydrogens (tertiary/aromatic N) is 2. The molecule has 3 rings (SSSR count). The molecule has 2 aromatic heterocycles. The zero-order chi connectivity index (χ0) is 12.0. The molecule has 1 N–H and O–H groups in total. The molecule has 1 aromatic carbocycles. The van der Waals surface area contributed by atoms with Crippen LogP contribution in [-0.4, -0.2) is 20.3 Å². The van der Waals surface area contributed by atoms with Gasteiger partial charge in [0.25, 0.3) is 0 Å². The van der Waals surface area contributed by atoms with Gasteiger partial charge in [-0.3, -0.25) is 9.20 Å². The van der Waals surface area contributed by atoms with Crippen molar-refractivity contribution in [3.63, 3.8) is 0 Å². The van der Waals surface area contributed by atoms with Crippen molar-refractivity contribution in [2.45, 2.75) is 6.92 Å². The van der Waals surface area contributed by atoms with Gasteiger partial charge in [-0.25, -0.2) is 4.98 Å². The number of imidazole rings is 1. The molecule has 0 atom stereocenters. The zero-order valence-corrected chi connectivity index (χ0v) is 9.21. The number of fused-ring (bicyclic) bond motifs is 3. The first-order valence-corrected chi connectivity index (χ1v) is 5.27. The van der Waals surface area contributed by atoms with Crippen molar-refractivity contribution in [3.8, 4) is 5.75 Å². The maximum absolute atomic E-state index is 11.5. The predicted octanol–water partition coefficient (Wildman–Crippen LogP) is 2.40. The number of Topliss-reactive ketones (excluding diaryl/α,β-unsaturated/α-hetero) is 1. The Morgan fingerprint density at radius 1 is 1.29 bits per heavy atom. The van der Waals surface area contributed by atoms with Gasteiger partial charge in [-0.1, -0.05) is 0 Å². The lowest BCUT2D eigenvalue weighted by Gasteiger charge is -2.04. The zero-order valence-electron chi connectivity index (χ0n) is 9.21. The topological polar surface area (TPSA) is 54.6 Å². The van der Waals surface area contributed by atoms with E-state index in [2.05, 4.69) is 4.98 Å². The average molecular weight is 226 g/mol. The lowest BCUT2D eigenvalue weighted by atomic mass is 10.2. The number of benzene rings is 1. The number of aromatic hydroxyl groups is 1. The number of pyridine rings is 1. The number of carbonyl (C=O) groups is 1. The van der Waals surface area contributed by atoms with E-state index in [1.807, 2.05) is 12.1 Å². The summed E-state index contributed by atoms with van der Waals surface area (Å²) in [5.41, 5.74) is 2.15. The van der Waals surface area contributed by atoms with Crippen LogP contribution in [0.4, 0.5) is 0 Å². The van der Waals surface area contributed by atoms with E-state index >= 15 is 0 Å². The summed E-state index contributed by atoms with van der Waals surface area (Å²) in [7, 11) is 0. The van der Waals surface area contributed by atoms with Gasteiger partial charge in [-0.05, 0) is 30.3 Å². The Morgan fingerprint density at radius 3 is 2.88 bits per heavy atom. The van der Waals surface area contributed by atoms with E-state index in [4.69, 9.17) is 0 Å². The monoisotopic (exact) mass is 226 g/mol. The lowest BCUT2D eigenvalue weighted by molar-refractivity contribution is 0.101. The minimum atomic E-state index is -0.0296. The average Bonchev–Trinajstić information content (AvgIpc) is 2.72. The van der Waals surface area contributed by atoms with Crippen molar-refractivity contribution < 1.29 is 9.90 Å². The van der Waals surface area contributed by atoms with Gasteiger partial charge in [0.2, 0.25) is 0 Å². The molecule has 17 heavy (non-hydrogen) atoms. The quantitative estimate of drug-likeness (QED) is 0.648. The van der Waals surface area contributed by atoms with Gasteiger partial charge in [0.05, 0.1) is 11.7 Å². The Balaban J connectivity index is 2.52. The molecule has 0 spiro atoms. The summed E-state index contributed by atoms with van der Waals surface area (Å²) >= 11 is 0. The molecular formula is C13H10N2O2. The van der Waals surface area contributed by atoms with E-state index in [0.29, 0.717) is 5.69 Å². The minimum Gasteiger partial charge on any atom is -0.508 e. The lowest BCUT2D eigenvalue weighted by Crippen LogP contribution is -1.99. The van der Waals surface area contributed by atoms with E-state index in [1.165, 1.54) is 6.92 Å². The molecule has 84 valence electrons. The molecule has 0 aliphatic heterocycles. The first kappa shape index (κ1) is 9.84. The van der Waals surface area contributed by atoms with Gasteiger partial charge in [0.1, 0.15) is 17.1 Å². The van der Waals surface area contributed by atoms with Crippen LogP contribution in [0.1, 0.15) is 17.4 Å². The Hall–Kier alpha value is -2.36. The van der Waals surface area contributed by atoms with Crippen molar-refractivity contribution in [2.75, 3.05) is 0 Å². The summed E-state index contributed by atoms with van der Waals surface area (Å²) in [5.74, 6) is 0.180. The highest BCUT2D eigenvalue weighted by Gasteiger charge is 2.10. The Morgan fingerprint density at radius 2 is 2.12 bits per heavy atom. The van der Waals surface area contributed by atoms with Gasteiger partial charge < -0.3 is 5.11 Å². The first-order chi connectivity index (χ1) is 8.16. The second-order valence-electron chi connectivity index (χ2n) is 3.97. The van der Waals surface area contributed by atoms with Crippen LogP contribution in [-0.2, 0) is 0 Å². The molecule has 0 aliphatic carbocycles. The molecule has 3 aromatic rings. The smallest absolute Gasteiger partial charge is 0.178 e. The third kappa shape index (κ3) is 1.38. The van der Waals surface area contributed by atoms with Crippen molar-refractivity contribution >= 4 is 22.3 Å². The third-order valence-electron chi connectivity index (χ3n) is 2.81. The summed E-state index contributed by atoms with van der Waals surface area (Å²) in [6.45, 7) is 1.52. The molecule has 2 heterocycles. The van der Waals surface area contributed by atoms with Gasteiger partial charge in [0, 0.05) is 12.3 Å². The van der Waals surface area contributed by atoms with E-state index < -0.39 is 0 Å². The number of ketones is 1. The highest BCUT2D eigenvalue weighted by Crippen LogP contribution is 2.22. The molecule has 0 bridgehead atoms. The SMILES string of the molecule is CC(=O)c1cnc2ccc3cc(O)ccc3n12. The van der Waals surface area contributed by atoms with Gasteiger partial charge in [-0.2, -0.15) is 0 Å². The van der Waals surface area contributed by atoms with Crippen LogP contribution in [0.5, 0.6) is 5.75 Å². The first-order valence-electron chi connectivity index (χ1n) is 5.27. The predicted molar refractivity (Wildman–Crippen MR) is 64.4 cm³/mol. The molecular weight excluding hydrogens is 216 g/mol. The van der Waals surface area contributed by atoms with Crippen molar-refractivity contribution in [1.82, 2.24) is 9.38 Å². The number of aromatic nitrogens is 2. The fraction of sp³-hybridized carbons (Fsp3) is 0.0769. The summed E-state index contributed by atoms with van der Waals surface area (Å²) in [6, 6.07) is 8.76. The van der Waals surface area contributed by atoms with Crippen LogP contribution >= 0.6 is 0 Å². The summed E-state index contributed by atoms with van der Waals surface area (Å²) in [4.78, 5) is 15.7. The van der Waals surface area contributed by atoms with Crippen LogP contribution in [0.25, 0.3) is 16.6 Å². The largest absolute Gasteiger partial charge is 0.508 e. The Kier molecular flexibility index (Phi) is 1.92. The standard InChI is InChI=1S/C13H10N2O2/c1-8(16)12-7-14-13-5-2-9-6-10(17)3-4-11(9)15(12)13/h2-7,17H,1H3. The van der Waals surface area contributed by atoms with Gasteiger partial charge >= 0.3 is 0 Å². The van der Waals surface area contributed by atoms with Crippen LogP contribution < -0.4 is 0 Å². The number of phenols is 1. The molecule has 0 unspecified atom stereocenters. The third-order valence-corrected chi connectivity index (χ3v) is 2.81. The fourth-order valence-electron chi connectivity index (χ4n) is 2.03. The van der Waals surface area contributed by atoms with Crippen molar-refractivity contribution in [3.05, 3.63) is 42.2 Å². The molecule has 0 saturated carbocycles. The van der Waals surface area contributed by atoms with Crippen LogP contribution in [0.2, 0.25) is 0 Å². The molecule has 4 heteroatoms. The van der Waals surface area contributed by atoms with Gasteiger partial charge in [0.15, 0.2) is 5.78 Å². The number of phenolic OH excluding ortho intramolecular Hbond substituents is 1. The van der Waals surface area contributed by atoms with Crippen LogP contribution in [0.3, 0.4) is 0 Å². The molecule has 0 radical (unpaired) electrons. The number of hydrogen-bond donors (Lipinski definition) is 1. The van der Waals surface area contributed by atoms with Gasteiger partial charge in [-0.15, -0.1) is 0 Å². The second kappa shape index (κ2) is 3.31. The maximum atomic E-state index is 11.5. The number of hydrogen-bond acceptors (Lipinski definition) is 3. The van der Waals surface area contributed by atoms with E-state index in [9.17, 15) is 9.90 Å². The molecule has 0 saturated heterocycles. The van der Waals surface area contributed by atoms with Crippen molar-refractivity contribution in [2.24, 2.45) is 0 Å². The highest BCUT2D eigenvalue weighted by atomic mass is 16.3. The summed E-state index contributed by atoms with van der Waals surface area (Å²) in [6.07, 6.45) is 1.57. The summed E-state index contributed by atoms with van der Waals surface area (Å²) in [5, 5.41) is 10.3. The van der Waals surface area contributed by atoms with Crippen LogP contribution in [0, 0.1) is 0 Å². The fourth-order valence-corrected chi connectivity index (χ4v) is 2.03. The molecule has 4 nitrogen and oxygen atoms in total. The number of rotatable bonds is 1. The molecule has 0 amide bonds. The normalized spacial score (nSPS) is 11.1. The highest BCUT2D eigenvalue weighted by molar-refractivity contribution is 5.95. The van der Waals surface area contributed by atoms with E-state index in [1.54, 1.807) is 28.8 Å². The Labute approximate surface area is 97.1 Å².